The third-order valence-corrected chi connectivity index (χ3v) is 6.85. The normalized spacial score (nSPS) is 16.9. The zero-order chi connectivity index (χ0) is 23.7. The Morgan fingerprint density at radius 2 is 2.12 bits per heavy atom. The van der Waals surface area contributed by atoms with Gasteiger partial charge in [0.25, 0.3) is 0 Å². The number of rotatable bonds is 7. The van der Waals surface area contributed by atoms with E-state index < -0.39 is 5.82 Å². The van der Waals surface area contributed by atoms with Gasteiger partial charge in [0.2, 0.25) is 5.91 Å². The van der Waals surface area contributed by atoms with Gasteiger partial charge in [0, 0.05) is 35.3 Å². The predicted octanol–water partition coefficient (Wildman–Crippen LogP) is 5.30. The van der Waals surface area contributed by atoms with Crippen LogP contribution >= 0.6 is 11.6 Å². The van der Waals surface area contributed by atoms with Gasteiger partial charge in [0.15, 0.2) is 0 Å². The molecule has 1 aliphatic heterocycles. The summed E-state index contributed by atoms with van der Waals surface area (Å²) in [6.07, 6.45) is 9.94. The molecule has 2 heterocycles. The molecular weight excluding hydrogens is 457 g/mol. The topological polar surface area (TPSA) is 79.4 Å². The van der Waals surface area contributed by atoms with Crippen molar-refractivity contribution in [3.63, 3.8) is 0 Å². The Labute approximate surface area is 202 Å². The summed E-state index contributed by atoms with van der Waals surface area (Å²) in [5, 5.41) is 6.71. The molecule has 0 radical (unpaired) electrons. The number of methoxy groups -OCH3 is 1. The van der Waals surface area contributed by atoms with Crippen molar-refractivity contribution in [1.29, 1.82) is 0 Å². The molecule has 3 aromatic rings. The van der Waals surface area contributed by atoms with Gasteiger partial charge in [-0.1, -0.05) is 17.7 Å². The Hall–Kier alpha value is -3.23. The smallest absolute Gasteiger partial charge is 0.248 e. The second-order valence-electron chi connectivity index (χ2n) is 8.71. The largest absolute Gasteiger partial charge is 0.494 e. The van der Waals surface area contributed by atoms with Crippen molar-refractivity contribution in [1.82, 2.24) is 14.9 Å². The number of hydrogen-bond acceptors (Lipinski definition) is 6. The number of carbonyl (C=O) groups excluding carboxylic acids is 1. The van der Waals surface area contributed by atoms with Gasteiger partial charge in [-0.25, -0.2) is 14.4 Å². The van der Waals surface area contributed by atoms with Gasteiger partial charge >= 0.3 is 0 Å². The number of carbonyl (C=O) groups is 1. The molecule has 2 fully saturated rings. The quantitative estimate of drug-likeness (QED) is 0.446. The summed E-state index contributed by atoms with van der Waals surface area (Å²) < 4.78 is 19.0. The first kappa shape index (κ1) is 22.6. The third-order valence-electron chi connectivity index (χ3n) is 6.56. The van der Waals surface area contributed by atoms with E-state index in [1.807, 2.05) is 6.08 Å². The first-order valence-electron chi connectivity index (χ1n) is 11.2. The van der Waals surface area contributed by atoms with Crippen LogP contribution in [0.4, 0.5) is 21.6 Å². The lowest BCUT2D eigenvalue weighted by molar-refractivity contribution is -0.111. The molecule has 1 spiro atoms. The van der Waals surface area contributed by atoms with Gasteiger partial charge in [-0.15, -0.1) is 0 Å². The van der Waals surface area contributed by atoms with Crippen LogP contribution in [-0.2, 0) is 4.79 Å². The number of ether oxygens (including phenoxy) is 1. The molecule has 5 rings (SSSR count). The highest BCUT2D eigenvalue weighted by atomic mass is 35.5. The van der Waals surface area contributed by atoms with E-state index >= 15 is 0 Å². The summed E-state index contributed by atoms with van der Waals surface area (Å²) in [4.78, 5) is 23.7. The minimum Gasteiger partial charge on any atom is -0.494 e. The van der Waals surface area contributed by atoms with E-state index in [-0.39, 0.29) is 10.9 Å². The van der Waals surface area contributed by atoms with E-state index in [1.54, 1.807) is 24.3 Å². The van der Waals surface area contributed by atoms with Crippen molar-refractivity contribution in [3.05, 3.63) is 59.7 Å². The molecule has 9 heteroatoms. The van der Waals surface area contributed by atoms with Crippen LogP contribution in [0.15, 0.2) is 48.8 Å². The number of fused-ring (bicyclic) bond motifs is 1. The number of nitrogens with one attached hydrogen (secondary N) is 2. The van der Waals surface area contributed by atoms with Crippen molar-refractivity contribution < 1.29 is 13.9 Å². The van der Waals surface area contributed by atoms with Gasteiger partial charge < -0.3 is 15.4 Å². The summed E-state index contributed by atoms with van der Waals surface area (Å²) in [7, 11) is 1.54. The summed E-state index contributed by atoms with van der Waals surface area (Å²) in [6.45, 7) is 1.88. The van der Waals surface area contributed by atoms with Crippen LogP contribution in [0.25, 0.3) is 10.9 Å². The van der Waals surface area contributed by atoms with Crippen LogP contribution in [0.5, 0.6) is 5.75 Å². The Morgan fingerprint density at radius 1 is 1.26 bits per heavy atom. The molecule has 1 aliphatic carbocycles. The lowest BCUT2D eigenvalue weighted by Gasteiger charge is -2.21. The molecule has 0 bridgehead atoms. The van der Waals surface area contributed by atoms with Gasteiger partial charge in [-0.2, -0.15) is 0 Å². The first-order chi connectivity index (χ1) is 16.5. The molecule has 2 N–H and O–H groups in total. The summed E-state index contributed by atoms with van der Waals surface area (Å²) in [5.74, 6) is 0.239. The maximum Gasteiger partial charge on any atom is 0.248 e. The number of halogens is 2. The van der Waals surface area contributed by atoms with Gasteiger partial charge in [0.05, 0.1) is 23.3 Å². The Kier molecular flexibility index (Phi) is 6.10. The second kappa shape index (κ2) is 9.19. The van der Waals surface area contributed by atoms with Crippen LogP contribution in [0, 0.1) is 5.82 Å². The van der Waals surface area contributed by atoms with Gasteiger partial charge in [-0.3, -0.25) is 9.69 Å². The molecule has 1 saturated carbocycles. The van der Waals surface area contributed by atoms with Gasteiger partial charge in [-0.05, 0) is 56.5 Å². The van der Waals surface area contributed by atoms with Crippen LogP contribution < -0.4 is 15.4 Å². The van der Waals surface area contributed by atoms with E-state index in [9.17, 15) is 9.18 Å². The molecule has 2 aliphatic rings. The number of amides is 1. The number of nitrogens with zero attached hydrogens (tertiary/aromatic N) is 3. The van der Waals surface area contributed by atoms with Gasteiger partial charge in [0.1, 0.15) is 23.7 Å². The summed E-state index contributed by atoms with van der Waals surface area (Å²) in [6, 6.07) is 7.82. The SMILES string of the molecule is COc1cc2ncnc(Nc3ccc(F)c(Cl)c3)c2cc1NC(=O)/C=C/CN1CCCC12CC2. The molecule has 7 nitrogen and oxygen atoms in total. The molecule has 176 valence electrons. The molecule has 1 aromatic heterocycles. The maximum atomic E-state index is 13.5. The lowest BCUT2D eigenvalue weighted by Crippen LogP contribution is -2.31. The molecular formula is C25H25ClFN5O2. The number of aromatic nitrogens is 2. The summed E-state index contributed by atoms with van der Waals surface area (Å²) in [5.41, 5.74) is 2.10. The van der Waals surface area contributed by atoms with Crippen molar-refractivity contribution in [2.75, 3.05) is 30.8 Å². The highest BCUT2D eigenvalue weighted by Crippen LogP contribution is 2.49. The number of hydrogen-bond donors (Lipinski definition) is 2. The lowest BCUT2D eigenvalue weighted by atomic mass is 10.1. The molecule has 0 unspecified atom stereocenters. The van der Waals surface area contributed by atoms with E-state index in [2.05, 4.69) is 25.5 Å². The number of benzene rings is 2. The van der Waals surface area contributed by atoms with Crippen molar-refractivity contribution in [2.45, 2.75) is 31.2 Å². The Balaban J connectivity index is 1.35. The standard InChI is InChI=1S/C25H25ClFN5O2/c1-34-22-14-20-17(24(29-15-28-20)30-16-5-6-19(27)18(26)12-16)13-21(22)31-23(33)4-2-10-32-11-3-7-25(32)8-9-25/h2,4-6,12-15H,3,7-11H2,1H3,(H,31,33)(H,28,29,30)/b4-2+. The van der Waals surface area contributed by atoms with Crippen molar-refractivity contribution in [3.8, 4) is 5.75 Å². The minimum atomic E-state index is -0.500. The highest BCUT2D eigenvalue weighted by molar-refractivity contribution is 6.31. The van der Waals surface area contributed by atoms with Crippen molar-refractivity contribution >= 4 is 45.6 Å². The minimum absolute atomic E-state index is 0.00584. The fourth-order valence-corrected chi connectivity index (χ4v) is 4.79. The Bertz CT molecular complexity index is 1280. The zero-order valence-corrected chi connectivity index (χ0v) is 19.5. The van der Waals surface area contributed by atoms with Crippen LogP contribution in [0.1, 0.15) is 25.7 Å². The average molecular weight is 482 g/mol. The third kappa shape index (κ3) is 4.56. The highest BCUT2D eigenvalue weighted by Gasteiger charge is 2.49. The average Bonchev–Trinajstić information content (AvgIpc) is 3.50. The molecule has 2 aromatic carbocycles. The molecule has 0 atom stereocenters. The number of likely N-dealkylation sites (tertiary alicyclic amines) is 1. The van der Waals surface area contributed by atoms with E-state index in [4.69, 9.17) is 16.3 Å². The molecule has 1 amide bonds. The second-order valence-corrected chi connectivity index (χ2v) is 9.12. The fraction of sp³-hybridized carbons (Fsp3) is 0.320. The van der Waals surface area contributed by atoms with Crippen molar-refractivity contribution in [2.24, 2.45) is 0 Å². The first-order valence-corrected chi connectivity index (χ1v) is 11.6. The maximum absolute atomic E-state index is 13.5. The zero-order valence-electron chi connectivity index (χ0n) is 18.8. The van der Waals surface area contributed by atoms with E-state index in [1.165, 1.54) is 51.3 Å². The summed E-state index contributed by atoms with van der Waals surface area (Å²) >= 11 is 5.90. The molecule has 34 heavy (non-hydrogen) atoms. The van der Waals surface area contributed by atoms with Crippen LogP contribution in [-0.4, -0.2) is 46.5 Å². The fourth-order valence-electron chi connectivity index (χ4n) is 4.61. The number of anilines is 3. The predicted molar refractivity (Wildman–Crippen MR) is 131 cm³/mol. The monoisotopic (exact) mass is 481 g/mol. The molecule has 1 saturated heterocycles. The van der Waals surface area contributed by atoms with Crippen LogP contribution in [0.2, 0.25) is 5.02 Å². The van der Waals surface area contributed by atoms with E-state index in [0.717, 1.165) is 13.1 Å². The Morgan fingerprint density at radius 3 is 2.88 bits per heavy atom. The van der Waals surface area contributed by atoms with Crippen LogP contribution in [0.3, 0.4) is 0 Å². The van der Waals surface area contributed by atoms with E-state index in [0.29, 0.717) is 39.4 Å².